The number of rotatable bonds is 5. The SMILES string of the molecule is CN1CC(N(c2cnn(C)c2)S(=O)(=O)NC(=O)Nc2c3c(cc4c2CCC4)CCC3)C1.[Na]. The summed E-state index contributed by atoms with van der Waals surface area (Å²) in [6.45, 7) is 1.19. The van der Waals surface area contributed by atoms with E-state index < -0.39 is 16.2 Å². The Kier molecular flexibility index (Phi) is 6.61. The number of benzene rings is 1. The maximum Gasteiger partial charge on any atom is 0.334 e. The van der Waals surface area contributed by atoms with E-state index in [0.717, 1.165) is 55.3 Å². The molecule has 2 amide bonds. The van der Waals surface area contributed by atoms with Crippen LogP contribution in [0.2, 0.25) is 0 Å². The predicted octanol–water partition coefficient (Wildman–Crippen LogP) is 1.20. The summed E-state index contributed by atoms with van der Waals surface area (Å²) in [7, 11) is -0.436. The summed E-state index contributed by atoms with van der Waals surface area (Å²) in [4.78, 5) is 14.9. The van der Waals surface area contributed by atoms with Crippen LogP contribution in [0.25, 0.3) is 0 Å². The van der Waals surface area contributed by atoms with Gasteiger partial charge in [-0.3, -0.25) is 4.68 Å². The van der Waals surface area contributed by atoms with Gasteiger partial charge in [0.25, 0.3) is 0 Å². The molecule has 9 nitrogen and oxygen atoms in total. The van der Waals surface area contributed by atoms with Crippen LogP contribution in [-0.2, 0) is 42.9 Å². The van der Waals surface area contributed by atoms with Crippen LogP contribution in [-0.4, -0.2) is 84.9 Å². The van der Waals surface area contributed by atoms with E-state index in [2.05, 4.69) is 21.2 Å². The van der Waals surface area contributed by atoms with Crippen molar-refractivity contribution in [2.24, 2.45) is 7.05 Å². The number of nitrogens with zero attached hydrogens (tertiary/aromatic N) is 4. The molecular formula is C21H28N6NaO3S. The maximum absolute atomic E-state index is 13.2. The normalized spacial score (nSPS) is 17.8. The summed E-state index contributed by atoms with van der Waals surface area (Å²) < 4.78 is 31.6. The molecule has 167 valence electrons. The zero-order chi connectivity index (χ0) is 21.8. The zero-order valence-electron chi connectivity index (χ0n) is 18.9. The molecule has 2 N–H and O–H groups in total. The van der Waals surface area contributed by atoms with E-state index in [1.807, 2.05) is 11.9 Å². The van der Waals surface area contributed by atoms with Gasteiger partial charge in [-0.15, -0.1) is 0 Å². The summed E-state index contributed by atoms with van der Waals surface area (Å²) in [5, 5.41) is 7.01. The van der Waals surface area contributed by atoms with Gasteiger partial charge in [-0.25, -0.2) is 13.8 Å². The van der Waals surface area contributed by atoms with Crippen LogP contribution in [0.4, 0.5) is 16.2 Å². The van der Waals surface area contributed by atoms with E-state index in [9.17, 15) is 13.2 Å². The van der Waals surface area contributed by atoms with Crippen LogP contribution in [0.1, 0.15) is 35.1 Å². The number of carbonyl (C=O) groups is 1. The van der Waals surface area contributed by atoms with Crippen molar-refractivity contribution in [3.8, 4) is 0 Å². The molecule has 0 unspecified atom stereocenters. The van der Waals surface area contributed by atoms with E-state index in [1.54, 1.807) is 17.9 Å². The van der Waals surface area contributed by atoms with Gasteiger partial charge in [0.15, 0.2) is 0 Å². The first-order valence-electron chi connectivity index (χ1n) is 10.8. The monoisotopic (exact) mass is 467 g/mol. The fraction of sp³-hybridized carbons (Fsp3) is 0.524. The minimum Gasteiger partial charge on any atom is -0.307 e. The Balaban J connectivity index is 0.00000245. The van der Waals surface area contributed by atoms with E-state index in [1.165, 1.54) is 21.6 Å². The van der Waals surface area contributed by atoms with Crippen LogP contribution in [0.5, 0.6) is 0 Å². The fourth-order valence-corrected chi connectivity index (χ4v) is 6.44. The number of hydrogen-bond donors (Lipinski definition) is 2. The molecule has 0 bridgehead atoms. The third kappa shape index (κ3) is 4.31. The summed E-state index contributed by atoms with van der Waals surface area (Å²) >= 11 is 0. The van der Waals surface area contributed by atoms with Gasteiger partial charge in [0.2, 0.25) is 0 Å². The smallest absolute Gasteiger partial charge is 0.307 e. The standard InChI is InChI=1S/C21H28N6O3S.Na/c1-25-11-17(12-25)27(16-10-22-26(2)13-16)31(29,30)24-21(28)23-20-18-7-3-5-14(18)9-15-6-4-8-19(15)20;/h9-10,13,17H,3-8,11-12H2,1-2H3,(H2,23,24,28);. The Labute approximate surface area is 211 Å². The van der Waals surface area contributed by atoms with Crippen molar-refractivity contribution in [3.05, 3.63) is 40.7 Å². The van der Waals surface area contributed by atoms with Gasteiger partial charge in [-0.05, 0) is 67.8 Å². The Morgan fingerprint density at radius 1 is 1.09 bits per heavy atom. The second-order valence-corrected chi connectivity index (χ2v) is 10.4. The minimum absolute atomic E-state index is 0. The maximum atomic E-state index is 13.2. The molecule has 3 aliphatic rings. The largest absolute Gasteiger partial charge is 0.334 e. The van der Waals surface area contributed by atoms with Gasteiger partial charge < -0.3 is 10.2 Å². The third-order valence-electron chi connectivity index (χ3n) is 6.51. The molecule has 1 fully saturated rings. The van der Waals surface area contributed by atoms with Gasteiger partial charge in [0.1, 0.15) is 0 Å². The Bertz CT molecular complexity index is 1110. The number of carbonyl (C=O) groups excluding carboxylic acids is 1. The molecule has 0 spiro atoms. The number of likely N-dealkylation sites (tertiary alicyclic amines) is 1. The average Bonchev–Trinajstić information content (AvgIpc) is 3.40. The summed E-state index contributed by atoms with van der Waals surface area (Å²) in [5.74, 6) is 0. The predicted molar refractivity (Wildman–Crippen MR) is 124 cm³/mol. The van der Waals surface area contributed by atoms with E-state index in [4.69, 9.17) is 0 Å². The summed E-state index contributed by atoms with van der Waals surface area (Å²) in [5.41, 5.74) is 6.17. The molecule has 1 aliphatic heterocycles. The molecule has 1 aromatic carbocycles. The first-order valence-corrected chi connectivity index (χ1v) is 12.2. The van der Waals surface area contributed by atoms with Gasteiger partial charge in [-0.2, -0.15) is 13.5 Å². The second-order valence-electron chi connectivity index (χ2n) is 8.84. The molecule has 1 aromatic heterocycles. The Morgan fingerprint density at radius 2 is 1.72 bits per heavy atom. The number of fused-ring (bicyclic) bond motifs is 2. The number of amides is 2. The van der Waals surface area contributed by atoms with Crippen molar-refractivity contribution in [3.63, 3.8) is 0 Å². The molecule has 1 radical (unpaired) electrons. The van der Waals surface area contributed by atoms with Gasteiger partial charge in [-0.1, -0.05) is 6.07 Å². The summed E-state index contributed by atoms with van der Waals surface area (Å²) in [6, 6.07) is 1.32. The molecule has 2 aromatic rings. The zero-order valence-corrected chi connectivity index (χ0v) is 21.7. The van der Waals surface area contributed by atoms with Crippen molar-refractivity contribution in [1.82, 2.24) is 19.4 Å². The number of anilines is 2. The first-order chi connectivity index (χ1) is 14.8. The van der Waals surface area contributed by atoms with E-state index in [0.29, 0.717) is 18.8 Å². The van der Waals surface area contributed by atoms with Crippen LogP contribution >= 0.6 is 0 Å². The number of aromatic nitrogens is 2. The van der Waals surface area contributed by atoms with E-state index in [-0.39, 0.29) is 35.6 Å². The number of aryl methyl sites for hydroxylation is 3. The van der Waals surface area contributed by atoms with Gasteiger partial charge >= 0.3 is 16.2 Å². The van der Waals surface area contributed by atoms with Gasteiger partial charge in [0.05, 0.1) is 17.9 Å². The Morgan fingerprint density at radius 3 is 2.25 bits per heavy atom. The molecule has 0 saturated carbocycles. The molecule has 11 heteroatoms. The number of nitrogens with one attached hydrogen (secondary N) is 2. The molecule has 0 atom stereocenters. The van der Waals surface area contributed by atoms with Crippen molar-refractivity contribution in [2.45, 2.75) is 44.6 Å². The average molecular weight is 468 g/mol. The van der Waals surface area contributed by atoms with Crippen LogP contribution in [0, 0.1) is 0 Å². The summed E-state index contributed by atoms with van der Waals surface area (Å²) in [6.07, 6.45) is 9.15. The minimum atomic E-state index is -4.10. The molecule has 1 saturated heterocycles. The number of likely N-dealkylation sites (N-methyl/N-ethyl adjacent to an activating group) is 1. The second kappa shape index (κ2) is 8.98. The Hall–Kier alpha value is -1.59. The van der Waals surface area contributed by atoms with Crippen molar-refractivity contribution in [2.75, 3.05) is 29.8 Å². The first kappa shape index (κ1) is 23.6. The molecule has 2 heterocycles. The molecule has 5 rings (SSSR count). The van der Waals surface area contributed by atoms with E-state index >= 15 is 0 Å². The van der Waals surface area contributed by atoms with Crippen molar-refractivity contribution in [1.29, 1.82) is 0 Å². The third-order valence-corrected chi connectivity index (χ3v) is 7.98. The van der Waals surface area contributed by atoms with Crippen LogP contribution < -0.4 is 14.3 Å². The van der Waals surface area contributed by atoms with Crippen molar-refractivity contribution >= 4 is 57.2 Å². The van der Waals surface area contributed by atoms with Crippen LogP contribution in [0.3, 0.4) is 0 Å². The topological polar surface area (TPSA) is 99.6 Å². The quantitative estimate of drug-likeness (QED) is 0.644. The molecule has 2 aliphatic carbocycles. The van der Waals surface area contributed by atoms with Crippen LogP contribution in [0.15, 0.2) is 18.5 Å². The van der Waals surface area contributed by atoms with Crippen molar-refractivity contribution < 1.29 is 13.2 Å². The molecule has 32 heavy (non-hydrogen) atoms. The van der Waals surface area contributed by atoms with Gasteiger partial charge in [0, 0.05) is 61.6 Å². The fourth-order valence-electron chi connectivity index (χ4n) is 5.15. The molecular weight excluding hydrogens is 439 g/mol. The number of urea groups is 1. The number of hydrogen-bond acceptors (Lipinski definition) is 5.